The van der Waals surface area contributed by atoms with Gasteiger partial charge >= 0.3 is 0 Å². The first-order valence-corrected chi connectivity index (χ1v) is 3.61. The maximum absolute atomic E-state index is 5.58. The third kappa shape index (κ3) is 1.75. The molecule has 2 N–H and O–H groups in total. The van der Waals surface area contributed by atoms with Crippen molar-refractivity contribution in [2.75, 3.05) is 5.73 Å². The van der Waals surface area contributed by atoms with E-state index in [4.69, 9.17) is 28.9 Å². The van der Waals surface area contributed by atoms with Gasteiger partial charge in [-0.1, -0.05) is 11.6 Å². The summed E-state index contributed by atoms with van der Waals surface area (Å²) in [4.78, 5) is 3.91. The van der Waals surface area contributed by atoms with Gasteiger partial charge in [-0.25, -0.2) is 4.98 Å². The number of aromatic nitrogens is 1. The molecule has 0 radical (unpaired) electrons. The van der Waals surface area contributed by atoms with Crippen LogP contribution in [0.3, 0.4) is 0 Å². The highest BCUT2D eigenvalue weighted by Crippen LogP contribution is 2.13. The lowest BCUT2D eigenvalue weighted by Crippen LogP contribution is -1.90. The molecular weight excluding hydrogens is 171 g/mol. The number of nitrogens with two attached hydrogens (primary N) is 1. The summed E-state index contributed by atoms with van der Waals surface area (Å²) in [6.07, 6.45) is 0. The van der Waals surface area contributed by atoms with Gasteiger partial charge in [-0.15, -0.1) is 11.6 Å². The molecule has 4 heteroatoms. The lowest BCUT2D eigenvalue weighted by Gasteiger charge is -1.97. The summed E-state index contributed by atoms with van der Waals surface area (Å²) in [6.45, 7) is 0. The molecule has 1 heterocycles. The summed E-state index contributed by atoms with van der Waals surface area (Å²) in [5, 5.41) is 0.385. The molecular formula is C6H6Cl2N2. The SMILES string of the molecule is Nc1cc(Cl)nc(CCl)c1. The minimum absolute atomic E-state index is 0.338. The average molecular weight is 177 g/mol. The van der Waals surface area contributed by atoms with Gasteiger partial charge in [-0.2, -0.15) is 0 Å². The molecule has 1 rings (SSSR count). The van der Waals surface area contributed by atoms with Crippen LogP contribution in [0.2, 0.25) is 5.15 Å². The van der Waals surface area contributed by atoms with Crippen molar-refractivity contribution in [3.05, 3.63) is 23.0 Å². The molecule has 0 amide bonds. The summed E-state index contributed by atoms with van der Waals surface area (Å²) in [7, 11) is 0. The number of hydrogen-bond acceptors (Lipinski definition) is 2. The largest absolute Gasteiger partial charge is 0.399 e. The molecule has 0 saturated carbocycles. The second-order valence-corrected chi connectivity index (χ2v) is 2.50. The highest BCUT2D eigenvalue weighted by molar-refractivity contribution is 6.29. The average Bonchev–Trinajstić information content (AvgIpc) is 1.85. The summed E-state index contributed by atoms with van der Waals surface area (Å²) in [5.41, 5.74) is 6.75. The summed E-state index contributed by atoms with van der Waals surface area (Å²) in [5.74, 6) is 0.338. The van der Waals surface area contributed by atoms with Crippen LogP contribution in [-0.4, -0.2) is 4.98 Å². The lowest BCUT2D eigenvalue weighted by molar-refractivity contribution is 1.17. The van der Waals surface area contributed by atoms with Crippen LogP contribution in [0.15, 0.2) is 12.1 Å². The number of nitrogen functional groups attached to an aromatic ring is 1. The van der Waals surface area contributed by atoms with Crippen molar-refractivity contribution in [3.8, 4) is 0 Å². The molecule has 1 aromatic heterocycles. The zero-order valence-electron chi connectivity index (χ0n) is 5.14. The monoisotopic (exact) mass is 176 g/mol. The van der Waals surface area contributed by atoms with Gasteiger partial charge in [-0.05, 0) is 12.1 Å². The van der Waals surface area contributed by atoms with E-state index in [9.17, 15) is 0 Å². The number of pyridine rings is 1. The van der Waals surface area contributed by atoms with E-state index in [2.05, 4.69) is 4.98 Å². The third-order valence-corrected chi connectivity index (χ3v) is 1.47. The first kappa shape index (κ1) is 7.63. The molecule has 54 valence electrons. The summed E-state index contributed by atoms with van der Waals surface area (Å²) >= 11 is 11.1. The van der Waals surface area contributed by atoms with E-state index >= 15 is 0 Å². The van der Waals surface area contributed by atoms with Crippen LogP contribution in [-0.2, 0) is 5.88 Å². The van der Waals surface area contributed by atoms with Crippen molar-refractivity contribution in [1.29, 1.82) is 0 Å². The fourth-order valence-electron chi connectivity index (χ4n) is 0.642. The normalized spacial score (nSPS) is 9.80. The quantitative estimate of drug-likeness (QED) is 0.526. The maximum Gasteiger partial charge on any atom is 0.131 e. The molecule has 0 atom stereocenters. The van der Waals surface area contributed by atoms with Gasteiger partial charge in [0.1, 0.15) is 5.15 Å². The number of nitrogens with zero attached hydrogens (tertiary/aromatic N) is 1. The van der Waals surface area contributed by atoms with Gasteiger partial charge in [0, 0.05) is 5.69 Å². The second kappa shape index (κ2) is 3.08. The topological polar surface area (TPSA) is 38.9 Å². The molecule has 2 nitrogen and oxygen atoms in total. The number of hydrogen-bond donors (Lipinski definition) is 1. The molecule has 0 aromatic carbocycles. The van der Waals surface area contributed by atoms with E-state index in [-0.39, 0.29) is 0 Å². The highest BCUT2D eigenvalue weighted by Gasteiger charge is 1.95. The molecule has 0 aliphatic carbocycles. The maximum atomic E-state index is 5.58. The zero-order chi connectivity index (χ0) is 7.56. The Morgan fingerprint density at radius 1 is 1.50 bits per heavy atom. The number of alkyl halides is 1. The van der Waals surface area contributed by atoms with E-state index in [1.54, 1.807) is 12.1 Å². The minimum atomic E-state index is 0.338. The molecule has 0 spiro atoms. The van der Waals surface area contributed by atoms with E-state index in [1.807, 2.05) is 0 Å². The molecule has 0 unspecified atom stereocenters. The van der Waals surface area contributed by atoms with Crippen LogP contribution < -0.4 is 5.73 Å². The summed E-state index contributed by atoms with van der Waals surface area (Å²) < 4.78 is 0. The first-order chi connectivity index (χ1) is 4.72. The fourth-order valence-corrected chi connectivity index (χ4v) is 1.01. The smallest absolute Gasteiger partial charge is 0.131 e. The second-order valence-electron chi connectivity index (χ2n) is 1.85. The predicted octanol–water partition coefficient (Wildman–Crippen LogP) is 2.06. The molecule has 0 saturated heterocycles. The molecule has 0 aliphatic rings. The van der Waals surface area contributed by atoms with Gasteiger partial charge in [0.05, 0.1) is 11.6 Å². The van der Waals surface area contributed by atoms with Crippen molar-refractivity contribution in [2.24, 2.45) is 0 Å². The van der Waals surface area contributed by atoms with E-state index in [0.717, 1.165) is 0 Å². The molecule has 10 heavy (non-hydrogen) atoms. The van der Waals surface area contributed by atoms with Crippen LogP contribution in [0.25, 0.3) is 0 Å². The molecule has 0 aliphatic heterocycles. The van der Waals surface area contributed by atoms with Crippen LogP contribution in [0, 0.1) is 0 Å². The number of halogens is 2. The predicted molar refractivity (Wildman–Crippen MR) is 43.2 cm³/mol. The Hall–Kier alpha value is -0.470. The van der Waals surface area contributed by atoms with Crippen LogP contribution in [0.1, 0.15) is 5.69 Å². The van der Waals surface area contributed by atoms with Gasteiger partial charge in [0.2, 0.25) is 0 Å². The van der Waals surface area contributed by atoms with Crippen LogP contribution >= 0.6 is 23.2 Å². The molecule has 0 fully saturated rings. The van der Waals surface area contributed by atoms with Crippen LogP contribution in [0.5, 0.6) is 0 Å². The number of anilines is 1. The Labute approximate surface area is 69.0 Å². The van der Waals surface area contributed by atoms with Gasteiger partial charge in [0.15, 0.2) is 0 Å². The zero-order valence-corrected chi connectivity index (χ0v) is 6.65. The number of rotatable bonds is 1. The summed E-state index contributed by atoms with van der Waals surface area (Å²) in [6, 6.07) is 3.27. The lowest BCUT2D eigenvalue weighted by atomic mass is 10.3. The van der Waals surface area contributed by atoms with Gasteiger partial charge < -0.3 is 5.73 Å². The van der Waals surface area contributed by atoms with Gasteiger partial charge in [-0.3, -0.25) is 0 Å². The van der Waals surface area contributed by atoms with Crippen LogP contribution in [0.4, 0.5) is 5.69 Å². The minimum Gasteiger partial charge on any atom is -0.399 e. The Bertz CT molecular complexity index is 217. The Morgan fingerprint density at radius 2 is 2.20 bits per heavy atom. The van der Waals surface area contributed by atoms with Gasteiger partial charge in [0.25, 0.3) is 0 Å². The van der Waals surface area contributed by atoms with Crippen molar-refractivity contribution >= 4 is 28.9 Å². The Morgan fingerprint density at radius 3 is 2.70 bits per heavy atom. The standard InChI is InChI=1S/C6H6Cl2N2/c7-3-5-1-4(9)2-6(8)10-5/h1-2H,3H2,(H2,9,10). The Kier molecular flexibility index (Phi) is 2.35. The fraction of sp³-hybridized carbons (Fsp3) is 0.167. The van der Waals surface area contributed by atoms with E-state index in [0.29, 0.717) is 22.4 Å². The van der Waals surface area contributed by atoms with E-state index < -0.39 is 0 Å². The molecule has 0 bridgehead atoms. The first-order valence-electron chi connectivity index (χ1n) is 2.70. The van der Waals surface area contributed by atoms with Crippen molar-refractivity contribution in [2.45, 2.75) is 5.88 Å². The van der Waals surface area contributed by atoms with Crippen molar-refractivity contribution in [1.82, 2.24) is 4.98 Å². The molecule has 1 aromatic rings. The van der Waals surface area contributed by atoms with E-state index in [1.165, 1.54) is 0 Å². The van der Waals surface area contributed by atoms with Crippen molar-refractivity contribution in [3.63, 3.8) is 0 Å². The third-order valence-electron chi connectivity index (χ3n) is 1.01. The Balaban J connectivity index is 3.06. The van der Waals surface area contributed by atoms with Crippen molar-refractivity contribution < 1.29 is 0 Å². The highest BCUT2D eigenvalue weighted by atomic mass is 35.5.